The minimum absolute atomic E-state index is 0.0272. The number of anilines is 1. The Labute approximate surface area is 170 Å². The lowest BCUT2D eigenvalue weighted by Crippen LogP contribution is -2.42. The second-order valence-corrected chi connectivity index (χ2v) is 9.48. The SMILES string of the molecule is Cc1cc(NC2CCN(S(=O)(=O)Cc3ccccc3)CC2)c2cccc(F)c2n1. The number of sulfonamides is 1. The number of nitrogens with zero attached hydrogens (tertiary/aromatic N) is 2. The third kappa shape index (κ3) is 4.41. The summed E-state index contributed by atoms with van der Waals surface area (Å²) in [6.07, 6.45) is 1.40. The van der Waals surface area contributed by atoms with Crippen LogP contribution in [0.5, 0.6) is 0 Å². The highest BCUT2D eigenvalue weighted by atomic mass is 32.2. The van der Waals surface area contributed by atoms with Gasteiger partial charge in [-0.3, -0.25) is 0 Å². The van der Waals surface area contributed by atoms with Crippen molar-refractivity contribution in [3.05, 3.63) is 71.7 Å². The van der Waals surface area contributed by atoms with Gasteiger partial charge in [0.15, 0.2) is 0 Å². The Bertz CT molecular complexity index is 1110. The van der Waals surface area contributed by atoms with Gasteiger partial charge in [-0.15, -0.1) is 0 Å². The fourth-order valence-electron chi connectivity index (χ4n) is 3.84. The summed E-state index contributed by atoms with van der Waals surface area (Å²) in [6.45, 7) is 2.79. The monoisotopic (exact) mass is 413 g/mol. The van der Waals surface area contributed by atoms with Crippen LogP contribution < -0.4 is 5.32 Å². The molecule has 0 unspecified atom stereocenters. The number of hydrogen-bond donors (Lipinski definition) is 1. The number of piperidine rings is 1. The van der Waals surface area contributed by atoms with Crippen LogP contribution in [0, 0.1) is 12.7 Å². The molecular weight excluding hydrogens is 389 g/mol. The van der Waals surface area contributed by atoms with Gasteiger partial charge in [0.05, 0.1) is 5.75 Å². The van der Waals surface area contributed by atoms with Crippen LogP contribution in [0.25, 0.3) is 10.9 Å². The summed E-state index contributed by atoms with van der Waals surface area (Å²) < 4.78 is 41.2. The number of nitrogens with one attached hydrogen (secondary N) is 1. The van der Waals surface area contributed by atoms with Crippen molar-refractivity contribution in [2.45, 2.75) is 31.6 Å². The van der Waals surface area contributed by atoms with Crippen LogP contribution in [0.2, 0.25) is 0 Å². The van der Waals surface area contributed by atoms with Crippen molar-refractivity contribution >= 4 is 26.6 Å². The molecule has 0 bridgehead atoms. The highest BCUT2D eigenvalue weighted by Gasteiger charge is 2.28. The fourth-order valence-corrected chi connectivity index (χ4v) is 5.40. The average Bonchev–Trinajstić information content (AvgIpc) is 2.70. The standard InChI is InChI=1S/C22H24FN3O2S/c1-16-14-21(19-8-5-9-20(23)22(19)24-16)25-18-10-12-26(13-11-18)29(27,28)15-17-6-3-2-4-7-17/h2-9,14,18H,10-13,15H2,1H3,(H,24,25). The first-order chi connectivity index (χ1) is 13.9. The Kier molecular flexibility index (Phi) is 5.52. The lowest BCUT2D eigenvalue weighted by molar-refractivity contribution is 0.329. The van der Waals surface area contributed by atoms with E-state index < -0.39 is 10.0 Å². The van der Waals surface area contributed by atoms with Gasteiger partial charge >= 0.3 is 0 Å². The number of para-hydroxylation sites is 1. The summed E-state index contributed by atoms with van der Waals surface area (Å²) in [6, 6.07) is 16.2. The van der Waals surface area contributed by atoms with Crippen molar-refractivity contribution in [3.8, 4) is 0 Å². The number of benzene rings is 2. The Morgan fingerprint density at radius 3 is 2.55 bits per heavy atom. The van der Waals surface area contributed by atoms with E-state index in [1.165, 1.54) is 6.07 Å². The quantitative estimate of drug-likeness (QED) is 0.684. The summed E-state index contributed by atoms with van der Waals surface area (Å²) >= 11 is 0. The molecule has 1 saturated heterocycles. The molecule has 3 aromatic rings. The van der Waals surface area contributed by atoms with Crippen molar-refractivity contribution in [1.82, 2.24) is 9.29 Å². The zero-order chi connectivity index (χ0) is 20.4. The van der Waals surface area contributed by atoms with E-state index >= 15 is 0 Å². The number of aryl methyl sites for hydroxylation is 1. The molecule has 2 heterocycles. The summed E-state index contributed by atoms with van der Waals surface area (Å²) in [7, 11) is -3.33. The van der Waals surface area contributed by atoms with Crippen LogP contribution in [0.1, 0.15) is 24.1 Å². The number of pyridine rings is 1. The number of fused-ring (bicyclic) bond motifs is 1. The lowest BCUT2D eigenvalue weighted by atomic mass is 10.1. The molecule has 1 fully saturated rings. The van der Waals surface area contributed by atoms with Crippen molar-refractivity contribution in [1.29, 1.82) is 0 Å². The molecule has 1 N–H and O–H groups in total. The van der Waals surface area contributed by atoms with Crippen LogP contribution in [-0.2, 0) is 15.8 Å². The molecule has 4 rings (SSSR count). The highest BCUT2D eigenvalue weighted by molar-refractivity contribution is 7.88. The molecular formula is C22H24FN3O2S. The second-order valence-electron chi connectivity index (χ2n) is 7.51. The fraction of sp³-hybridized carbons (Fsp3) is 0.318. The molecule has 2 aromatic carbocycles. The first kappa shape index (κ1) is 19.8. The molecule has 29 heavy (non-hydrogen) atoms. The normalized spacial score (nSPS) is 16.2. The molecule has 1 aliphatic heterocycles. The molecule has 5 nitrogen and oxygen atoms in total. The van der Waals surface area contributed by atoms with E-state index in [2.05, 4.69) is 10.3 Å². The largest absolute Gasteiger partial charge is 0.382 e. The summed E-state index contributed by atoms with van der Waals surface area (Å²) in [5.74, 6) is -0.310. The Balaban J connectivity index is 1.44. The molecule has 0 spiro atoms. The number of rotatable bonds is 5. The van der Waals surface area contributed by atoms with Crippen molar-refractivity contribution in [3.63, 3.8) is 0 Å². The first-order valence-electron chi connectivity index (χ1n) is 9.76. The molecule has 0 saturated carbocycles. The minimum atomic E-state index is -3.33. The van der Waals surface area contributed by atoms with Gasteiger partial charge in [0, 0.05) is 35.9 Å². The average molecular weight is 414 g/mol. The van der Waals surface area contributed by atoms with Crippen LogP contribution in [0.15, 0.2) is 54.6 Å². The Morgan fingerprint density at radius 1 is 1.10 bits per heavy atom. The van der Waals surface area contributed by atoms with Gasteiger partial charge in [-0.05, 0) is 37.5 Å². The van der Waals surface area contributed by atoms with Crippen molar-refractivity contribution < 1.29 is 12.8 Å². The highest BCUT2D eigenvalue weighted by Crippen LogP contribution is 2.28. The zero-order valence-corrected chi connectivity index (χ0v) is 17.1. The summed E-state index contributed by atoms with van der Waals surface area (Å²) in [5.41, 5.74) is 2.75. The number of hydrogen-bond acceptors (Lipinski definition) is 4. The maximum absolute atomic E-state index is 14.1. The van der Waals surface area contributed by atoms with E-state index in [1.54, 1.807) is 10.4 Å². The summed E-state index contributed by atoms with van der Waals surface area (Å²) in [4.78, 5) is 4.31. The smallest absolute Gasteiger partial charge is 0.218 e. The Hall–Kier alpha value is -2.51. The number of halogens is 1. The van der Waals surface area contributed by atoms with E-state index in [4.69, 9.17) is 0 Å². The maximum Gasteiger partial charge on any atom is 0.218 e. The third-order valence-electron chi connectivity index (χ3n) is 5.32. The van der Waals surface area contributed by atoms with Crippen LogP contribution in [0.3, 0.4) is 0 Å². The molecule has 0 radical (unpaired) electrons. The van der Waals surface area contributed by atoms with Crippen molar-refractivity contribution in [2.24, 2.45) is 0 Å². The minimum Gasteiger partial charge on any atom is -0.382 e. The molecule has 0 amide bonds. The van der Waals surface area contributed by atoms with Gasteiger partial charge in [0.1, 0.15) is 11.3 Å². The van der Waals surface area contributed by atoms with Crippen molar-refractivity contribution in [2.75, 3.05) is 18.4 Å². The second kappa shape index (κ2) is 8.08. The van der Waals surface area contributed by atoms with E-state index in [0.717, 1.165) is 22.3 Å². The molecule has 152 valence electrons. The topological polar surface area (TPSA) is 62.3 Å². The van der Waals surface area contributed by atoms with Gasteiger partial charge in [-0.2, -0.15) is 0 Å². The molecule has 7 heteroatoms. The van der Waals surface area contributed by atoms with Gasteiger partial charge in [0.2, 0.25) is 10.0 Å². The molecule has 1 aliphatic rings. The predicted octanol–water partition coefficient (Wildman–Crippen LogP) is 4.09. The van der Waals surface area contributed by atoms with Crippen LogP contribution in [0.4, 0.5) is 10.1 Å². The third-order valence-corrected chi connectivity index (χ3v) is 7.17. The zero-order valence-electron chi connectivity index (χ0n) is 16.3. The molecule has 1 aromatic heterocycles. The molecule has 0 aliphatic carbocycles. The van der Waals surface area contributed by atoms with Gasteiger partial charge in [-0.25, -0.2) is 22.1 Å². The maximum atomic E-state index is 14.1. The number of aromatic nitrogens is 1. The van der Waals surface area contributed by atoms with Crippen LogP contribution >= 0.6 is 0 Å². The summed E-state index contributed by atoms with van der Waals surface area (Å²) in [5, 5.41) is 4.23. The lowest BCUT2D eigenvalue weighted by Gasteiger charge is -2.32. The van der Waals surface area contributed by atoms with E-state index in [1.807, 2.05) is 49.4 Å². The van der Waals surface area contributed by atoms with Gasteiger partial charge in [0.25, 0.3) is 0 Å². The Morgan fingerprint density at radius 2 is 1.83 bits per heavy atom. The van der Waals surface area contributed by atoms with E-state index in [0.29, 0.717) is 31.4 Å². The van der Waals surface area contributed by atoms with Crippen LogP contribution in [-0.4, -0.2) is 36.8 Å². The van der Waals surface area contributed by atoms with Gasteiger partial charge in [-0.1, -0.05) is 42.5 Å². The van der Waals surface area contributed by atoms with E-state index in [-0.39, 0.29) is 17.6 Å². The van der Waals surface area contributed by atoms with Gasteiger partial charge < -0.3 is 5.32 Å². The molecule has 0 atom stereocenters. The predicted molar refractivity (Wildman–Crippen MR) is 114 cm³/mol. The first-order valence-corrected chi connectivity index (χ1v) is 11.4. The van der Waals surface area contributed by atoms with E-state index in [9.17, 15) is 12.8 Å².